The second-order valence-corrected chi connectivity index (χ2v) is 5.49. The van der Waals surface area contributed by atoms with Crippen molar-refractivity contribution in [3.63, 3.8) is 0 Å². The van der Waals surface area contributed by atoms with Crippen molar-refractivity contribution in [3.8, 4) is 5.75 Å². The molecular weight excluding hydrogens is 246 g/mol. The number of hydrogen-bond acceptors (Lipinski definition) is 1. The van der Waals surface area contributed by atoms with Gasteiger partial charge < -0.3 is 10.1 Å². The Morgan fingerprint density at radius 3 is 2.95 bits per heavy atom. The third-order valence-corrected chi connectivity index (χ3v) is 4.19. The lowest BCUT2D eigenvalue weighted by atomic mass is 9.87. The lowest BCUT2D eigenvalue weighted by molar-refractivity contribution is -0.712. The number of quaternary nitrogens is 1. The Kier molecular flexibility index (Phi) is 4.03. The van der Waals surface area contributed by atoms with E-state index in [-0.39, 0.29) is 0 Å². The third-order valence-electron chi connectivity index (χ3n) is 4.19. The molecule has 0 bridgehead atoms. The second kappa shape index (κ2) is 6.10. The molecule has 0 saturated carbocycles. The summed E-state index contributed by atoms with van der Waals surface area (Å²) in [6.07, 6.45) is 3.82. The zero-order valence-corrected chi connectivity index (χ0v) is 12.0. The molecule has 2 N–H and O–H groups in total. The van der Waals surface area contributed by atoms with Gasteiger partial charge in [-0.15, -0.1) is 0 Å². The average Bonchev–Trinajstić information content (AvgIpc) is 2.53. The topological polar surface area (TPSA) is 25.8 Å². The molecule has 0 fully saturated rings. The molecule has 3 rings (SSSR count). The van der Waals surface area contributed by atoms with Gasteiger partial charge in [-0.2, -0.15) is 0 Å². The zero-order valence-electron chi connectivity index (χ0n) is 12.0. The normalized spacial score (nSPS) is 17.6. The summed E-state index contributed by atoms with van der Waals surface area (Å²) in [5.74, 6) is 0.944. The minimum absolute atomic E-state index is 0.603. The molecule has 0 saturated heterocycles. The Morgan fingerprint density at radius 2 is 2.05 bits per heavy atom. The fourth-order valence-corrected chi connectivity index (χ4v) is 3.11. The first-order valence-corrected chi connectivity index (χ1v) is 7.41. The van der Waals surface area contributed by atoms with Crippen LogP contribution < -0.4 is 10.1 Å². The lowest BCUT2D eigenvalue weighted by Gasteiger charge is -2.23. The Bertz CT molecular complexity index is 579. The number of hydrogen-bond donors (Lipinski definition) is 1. The van der Waals surface area contributed by atoms with E-state index in [4.69, 9.17) is 4.74 Å². The van der Waals surface area contributed by atoms with Crippen LogP contribution in [0.3, 0.4) is 0 Å². The van der Waals surface area contributed by atoms with E-state index in [1.807, 2.05) is 6.07 Å². The molecule has 0 amide bonds. The molecule has 0 aliphatic heterocycles. The highest BCUT2D eigenvalue weighted by Crippen LogP contribution is 2.26. The Morgan fingerprint density at radius 1 is 1.15 bits per heavy atom. The van der Waals surface area contributed by atoms with Gasteiger partial charge in [-0.25, -0.2) is 0 Å². The molecule has 104 valence electrons. The Labute approximate surface area is 120 Å². The molecule has 2 aromatic rings. The van der Waals surface area contributed by atoms with Crippen molar-refractivity contribution in [2.75, 3.05) is 7.11 Å². The van der Waals surface area contributed by atoms with E-state index >= 15 is 0 Å². The van der Waals surface area contributed by atoms with E-state index in [2.05, 4.69) is 47.8 Å². The van der Waals surface area contributed by atoms with E-state index in [1.165, 1.54) is 36.0 Å². The molecule has 2 heteroatoms. The van der Waals surface area contributed by atoms with E-state index in [1.54, 1.807) is 7.11 Å². The van der Waals surface area contributed by atoms with Crippen molar-refractivity contribution < 1.29 is 10.1 Å². The van der Waals surface area contributed by atoms with Crippen LogP contribution in [-0.4, -0.2) is 7.11 Å². The number of rotatable bonds is 4. The van der Waals surface area contributed by atoms with Crippen molar-refractivity contribution in [2.45, 2.75) is 31.8 Å². The van der Waals surface area contributed by atoms with E-state index in [9.17, 15) is 0 Å². The van der Waals surface area contributed by atoms with Crippen LogP contribution in [0.1, 0.15) is 35.6 Å². The largest absolute Gasteiger partial charge is 0.497 e. The maximum absolute atomic E-state index is 5.29. The maximum Gasteiger partial charge on any atom is 0.119 e. The Hall–Kier alpha value is -1.80. The zero-order chi connectivity index (χ0) is 13.8. The van der Waals surface area contributed by atoms with E-state index < -0.39 is 0 Å². The molecular formula is C18H22NO+. The van der Waals surface area contributed by atoms with Crippen molar-refractivity contribution in [1.82, 2.24) is 0 Å². The van der Waals surface area contributed by atoms with Gasteiger partial charge >= 0.3 is 0 Å². The quantitative estimate of drug-likeness (QED) is 0.906. The van der Waals surface area contributed by atoms with Crippen LogP contribution in [0, 0.1) is 0 Å². The SMILES string of the molecule is COc1cccc(C[NH2+][C@H]2CCCc3ccccc32)c1. The molecule has 2 aromatic carbocycles. The van der Waals surface area contributed by atoms with Gasteiger partial charge in [-0.1, -0.05) is 36.4 Å². The predicted octanol–water partition coefficient (Wildman–Crippen LogP) is 2.84. The van der Waals surface area contributed by atoms with Crippen LogP contribution in [0.5, 0.6) is 5.75 Å². The van der Waals surface area contributed by atoms with Crippen molar-refractivity contribution in [3.05, 3.63) is 65.2 Å². The summed E-state index contributed by atoms with van der Waals surface area (Å²) in [6.45, 7) is 1.01. The molecule has 0 aromatic heterocycles. The average molecular weight is 268 g/mol. The third kappa shape index (κ3) is 2.86. The fraction of sp³-hybridized carbons (Fsp3) is 0.333. The van der Waals surface area contributed by atoms with Crippen LogP contribution in [0.15, 0.2) is 48.5 Å². The van der Waals surface area contributed by atoms with Gasteiger partial charge in [0.2, 0.25) is 0 Å². The van der Waals surface area contributed by atoms with Crippen LogP contribution in [0.4, 0.5) is 0 Å². The van der Waals surface area contributed by atoms with Crippen LogP contribution in [0.25, 0.3) is 0 Å². The first kappa shape index (κ1) is 13.2. The standard InChI is InChI=1S/C18H21NO/c1-20-16-9-4-6-14(12-16)13-19-18-11-5-8-15-7-2-3-10-17(15)18/h2-4,6-7,9-10,12,18-19H,5,8,11,13H2,1H3/p+1/t18-/m0/s1. The molecule has 2 nitrogen and oxygen atoms in total. The summed E-state index contributed by atoms with van der Waals surface area (Å²) in [4.78, 5) is 0. The maximum atomic E-state index is 5.29. The molecule has 0 spiro atoms. The number of ether oxygens (including phenoxy) is 1. The van der Waals surface area contributed by atoms with Crippen molar-refractivity contribution >= 4 is 0 Å². The van der Waals surface area contributed by atoms with Gasteiger partial charge in [0.25, 0.3) is 0 Å². The number of aryl methyl sites for hydroxylation is 1. The summed E-state index contributed by atoms with van der Waals surface area (Å²) >= 11 is 0. The van der Waals surface area contributed by atoms with Gasteiger partial charge in [0, 0.05) is 17.5 Å². The summed E-state index contributed by atoms with van der Waals surface area (Å²) < 4.78 is 5.29. The molecule has 1 aliphatic rings. The van der Waals surface area contributed by atoms with Crippen LogP contribution >= 0.6 is 0 Å². The monoisotopic (exact) mass is 268 g/mol. The highest BCUT2D eigenvalue weighted by atomic mass is 16.5. The summed E-state index contributed by atoms with van der Waals surface area (Å²) in [7, 11) is 1.72. The fourth-order valence-electron chi connectivity index (χ4n) is 3.11. The number of benzene rings is 2. The number of methoxy groups -OCH3 is 1. The molecule has 0 radical (unpaired) electrons. The van der Waals surface area contributed by atoms with E-state index in [0.717, 1.165) is 12.3 Å². The second-order valence-electron chi connectivity index (χ2n) is 5.49. The minimum Gasteiger partial charge on any atom is -0.497 e. The van der Waals surface area contributed by atoms with E-state index in [0.29, 0.717) is 6.04 Å². The molecule has 1 atom stereocenters. The van der Waals surface area contributed by atoms with Crippen LogP contribution in [-0.2, 0) is 13.0 Å². The summed E-state index contributed by atoms with van der Waals surface area (Å²) in [5.41, 5.74) is 4.39. The number of fused-ring (bicyclic) bond motifs is 1. The summed E-state index contributed by atoms with van der Waals surface area (Å²) in [6, 6.07) is 17.9. The number of nitrogens with two attached hydrogens (primary N) is 1. The molecule has 0 unspecified atom stereocenters. The van der Waals surface area contributed by atoms with Crippen molar-refractivity contribution in [2.24, 2.45) is 0 Å². The molecule has 1 aliphatic carbocycles. The minimum atomic E-state index is 0.603. The summed E-state index contributed by atoms with van der Waals surface area (Å²) in [5, 5.41) is 2.47. The van der Waals surface area contributed by atoms with Gasteiger partial charge in [-0.3, -0.25) is 0 Å². The van der Waals surface area contributed by atoms with Crippen molar-refractivity contribution in [1.29, 1.82) is 0 Å². The van der Waals surface area contributed by atoms with Gasteiger partial charge in [0.1, 0.15) is 18.3 Å². The lowest BCUT2D eigenvalue weighted by Crippen LogP contribution is -2.84. The first-order chi connectivity index (χ1) is 9.86. The molecule has 0 heterocycles. The van der Waals surface area contributed by atoms with Crippen LogP contribution in [0.2, 0.25) is 0 Å². The highest BCUT2D eigenvalue weighted by molar-refractivity contribution is 5.31. The smallest absolute Gasteiger partial charge is 0.119 e. The predicted molar refractivity (Wildman–Crippen MR) is 80.7 cm³/mol. The Balaban J connectivity index is 1.70. The highest BCUT2D eigenvalue weighted by Gasteiger charge is 2.22. The molecule has 20 heavy (non-hydrogen) atoms. The van der Waals surface area contributed by atoms with Gasteiger partial charge in [0.05, 0.1) is 7.11 Å². The van der Waals surface area contributed by atoms with Gasteiger partial charge in [-0.05, 0) is 30.5 Å². The first-order valence-electron chi connectivity index (χ1n) is 7.41. The van der Waals surface area contributed by atoms with Gasteiger partial charge in [0.15, 0.2) is 0 Å².